The van der Waals surface area contributed by atoms with E-state index in [0.717, 1.165) is 14.3 Å². The monoisotopic (exact) mass is 342 g/mol. The number of hydrogen-bond donors (Lipinski definition) is 1. The molecule has 0 spiro atoms. The Morgan fingerprint density at radius 1 is 1.11 bits per heavy atom. The van der Waals surface area contributed by atoms with Gasteiger partial charge in [0, 0.05) is 14.3 Å². The van der Waals surface area contributed by atoms with Gasteiger partial charge in [0.05, 0.1) is 10.6 Å². The summed E-state index contributed by atoms with van der Waals surface area (Å²) in [4.78, 5) is 12.7. The van der Waals surface area contributed by atoms with Crippen LogP contribution in [0.2, 0.25) is 5.02 Å². The number of carboxylic acid groups (broad SMARTS) is 1. The Kier molecular flexibility index (Phi) is 4.32. The Labute approximate surface area is 122 Å². The van der Waals surface area contributed by atoms with E-state index in [4.69, 9.17) is 16.7 Å². The molecule has 0 aliphatic heterocycles. The maximum absolute atomic E-state index is 10.7. The molecule has 2 rings (SSSR count). The van der Waals surface area contributed by atoms with Crippen molar-refractivity contribution in [3.8, 4) is 0 Å². The van der Waals surface area contributed by atoms with E-state index in [2.05, 4.69) is 15.9 Å². The quantitative estimate of drug-likeness (QED) is 0.856. The summed E-state index contributed by atoms with van der Waals surface area (Å²) in [6, 6.07) is 12.4. The van der Waals surface area contributed by atoms with E-state index in [0.29, 0.717) is 5.02 Å². The van der Waals surface area contributed by atoms with Crippen LogP contribution < -0.4 is 0 Å². The zero-order chi connectivity index (χ0) is 13.1. The molecule has 0 aromatic heterocycles. The van der Waals surface area contributed by atoms with Crippen LogP contribution >= 0.6 is 39.3 Å². The van der Waals surface area contributed by atoms with Gasteiger partial charge in [-0.2, -0.15) is 0 Å². The maximum atomic E-state index is 10.7. The van der Waals surface area contributed by atoms with Gasteiger partial charge < -0.3 is 5.11 Å². The first-order valence-electron chi connectivity index (χ1n) is 5.02. The molecule has 0 fully saturated rings. The van der Waals surface area contributed by atoms with Crippen LogP contribution in [0.5, 0.6) is 0 Å². The fourth-order valence-corrected chi connectivity index (χ4v) is 2.85. The van der Waals surface area contributed by atoms with Gasteiger partial charge in [-0.3, -0.25) is 0 Å². The molecule has 0 unspecified atom stereocenters. The van der Waals surface area contributed by atoms with Crippen molar-refractivity contribution >= 4 is 45.3 Å². The molecule has 0 saturated heterocycles. The molecule has 1 N–H and O–H groups in total. The van der Waals surface area contributed by atoms with Crippen molar-refractivity contribution in [3.63, 3.8) is 0 Å². The van der Waals surface area contributed by atoms with E-state index < -0.39 is 5.97 Å². The first kappa shape index (κ1) is 13.5. The van der Waals surface area contributed by atoms with Crippen molar-refractivity contribution < 1.29 is 9.90 Å². The Balaban J connectivity index is 2.18. The van der Waals surface area contributed by atoms with E-state index >= 15 is 0 Å². The lowest BCUT2D eigenvalue weighted by Crippen LogP contribution is -1.94. The van der Waals surface area contributed by atoms with Gasteiger partial charge in [0.2, 0.25) is 0 Å². The first-order chi connectivity index (χ1) is 8.56. The number of rotatable bonds is 3. The third-order valence-electron chi connectivity index (χ3n) is 2.23. The lowest BCUT2D eigenvalue weighted by Gasteiger charge is -2.04. The molecule has 92 valence electrons. The van der Waals surface area contributed by atoms with Gasteiger partial charge >= 0.3 is 5.97 Å². The second-order valence-electron chi connectivity index (χ2n) is 3.51. The zero-order valence-electron chi connectivity index (χ0n) is 9.06. The molecule has 0 bridgehead atoms. The van der Waals surface area contributed by atoms with Crippen molar-refractivity contribution in [2.75, 3.05) is 0 Å². The van der Waals surface area contributed by atoms with Crippen LogP contribution in [0.4, 0.5) is 0 Å². The summed E-state index contributed by atoms with van der Waals surface area (Å²) < 4.78 is 0.844. The van der Waals surface area contributed by atoms with Gasteiger partial charge in [0.1, 0.15) is 0 Å². The largest absolute Gasteiger partial charge is 0.478 e. The molecule has 0 amide bonds. The van der Waals surface area contributed by atoms with Crippen molar-refractivity contribution in [1.82, 2.24) is 0 Å². The maximum Gasteiger partial charge on any atom is 0.335 e. The lowest BCUT2D eigenvalue weighted by atomic mass is 10.2. The van der Waals surface area contributed by atoms with Crippen LogP contribution in [0, 0.1) is 0 Å². The van der Waals surface area contributed by atoms with Gasteiger partial charge in [-0.1, -0.05) is 23.4 Å². The number of benzene rings is 2. The van der Waals surface area contributed by atoms with Crippen LogP contribution in [0.3, 0.4) is 0 Å². The number of carboxylic acids is 1. The summed E-state index contributed by atoms with van der Waals surface area (Å²) in [5.41, 5.74) is 0.289. The summed E-state index contributed by atoms with van der Waals surface area (Å²) in [6.45, 7) is 0. The predicted molar refractivity (Wildman–Crippen MR) is 76.7 cm³/mol. The van der Waals surface area contributed by atoms with E-state index in [1.54, 1.807) is 36.0 Å². The molecule has 18 heavy (non-hydrogen) atoms. The third-order valence-corrected chi connectivity index (χ3v) is 4.44. The van der Waals surface area contributed by atoms with E-state index in [9.17, 15) is 4.79 Å². The Morgan fingerprint density at radius 2 is 1.72 bits per heavy atom. The zero-order valence-corrected chi connectivity index (χ0v) is 12.2. The van der Waals surface area contributed by atoms with Gasteiger partial charge in [0.25, 0.3) is 0 Å². The minimum absolute atomic E-state index is 0.289. The molecule has 0 aliphatic carbocycles. The average molecular weight is 344 g/mol. The molecule has 0 aliphatic rings. The molecule has 2 aromatic rings. The van der Waals surface area contributed by atoms with Gasteiger partial charge in [-0.15, -0.1) is 0 Å². The summed E-state index contributed by atoms with van der Waals surface area (Å²) in [6.07, 6.45) is 0. The highest BCUT2D eigenvalue weighted by molar-refractivity contribution is 9.10. The van der Waals surface area contributed by atoms with Crippen molar-refractivity contribution in [2.24, 2.45) is 0 Å². The summed E-state index contributed by atoms with van der Waals surface area (Å²) in [7, 11) is 0. The summed E-state index contributed by atoms with van der Waals surface area (Å²) in [5.74, 6) is -0.916. The fraction of sp³-hybridized carbons (Fsp3) is 0. The molecule has 0 heterocycles. The molecule has 0 atom stereocenters. The van der Waals surface area contributed by atoms with Crippen LogP contribution in [0.1, 0.15) is 10.4 Å². The topological polar surface area (TPSA) is 37.3 Å². The van der Waals surface area contributed by atoms with Crippen molar-refractivity contribution in [1.29, 1.82) is 0 Å². The Bertz CT molecular complexity index is 584. The molecule has 5 heteroatoms. The highest BCUT2D eigenvalue weighted by Crippen LogP contribution is 2.32. The predicted octanol–water partition coefficient (Wildman–Crippen LogP) is 4.95. The van der Waals surface area contributed by atoms with E-state index in [1.807, 2.05) is 18.2 Å². The second-order valence-corrected chi connectivity index (χ2v) is 5.92. The number of hydrogen-bond acceptors (Lipinski definition) is 2. The van der Waals surface area contributed by atoms with Gasteiger partial charge in [-0.25, -0.2) is 4.79 Å². The van der Waals surface area contributed by atoms with Crippen molar-refractivity contribution in [3.05, 3.63) is 57.5 Å². The minimum Gasteiger partial charge on any atom is -0.478 e. The Morgan fingerprint density at radius 3 is 2.28 bits per heavy atom. The lowest BCUT2D eigenvalue weighted by molar-refractivity contribution is 0.0697. The molecular weight excluding hydrogens is 336 g/mol. The number of carbonyl (C=O) groups is 1. The van der Waals surface area contributed by atoms with E-state index in [1.165, 1.54) is 0 Å². The summed E-state index contributed by atoms with van der Waals surface area (Å²) in [5, 5.41) is 9.47. The highest BCUT2D eigenvalue weighted by atomic mass is 79.9. The molecule has 0 radical (unpaired) electrons. The first-order valence-corrected chi connectivity index (χ1v) is 7.01. The average Bonchev–Trinajstić information content (AvgIpc) is 2.34. The van der Waals surface area contributed by atoms with Gasteiger partial charge in [0.15, 0.2) is 0 Å². The smallest absolute Gasteiger partial charge is 0.335 e. The highest BCUT2D eigenvalue weighted by Gasteiger charge is 2.04. The SMILES string of the molecule is O=C(O)c1ccc(Sc2ccc(Cl)c(Br)c2)cc1. The molecule has 2 nitrogen and oxygen atoms in total. The second kappa shape index (κ2) is 5.78. The van der Waals surface area contributed by atoms with Crippen LogP contribution in [-0.4, -0.2) is 11.1 Å². The van der Waals surface area contributed by atoms with Crippen LogP contribution in [-0.2, 0) is 0 Å². The van der Waals surface area contributed by atoms with E-state index in [-0.39, 0.29) is 5.56 Å². The standard InChI is InChI=1S/C13H8BrClO2S/c14-11-7-10(5-6-12(11)15)18-9-3-1-8(2-4-9)13(16)17/h1-7H,(H,16,17). The van der Waals surface area contributed by atoms with Crippen LogP contribution in [0.15, 0.2) is 56.7 Å². The molecular formula is C13H8BrClO2S. The fourth-order valence-electron chi connectivity index (χ4n) is 1.34. The van der Waals surface area contributed by atoms with Gasteiger partial charge in [-0.05, 0) is 58.4 Å². The van der Waals surface area contributed by atoms with Crippen LogP contribution in [0.25, 0.3) is 0 Å². The molecule has 0 saturated carbocycles. The number of aromatic carboxylic acids is 1. The summed E-state index contributed by atoms with van der Waals surface area (Å²) >= 11 is 10.8. The Hall–Kier alpha value is -0.970. The normalized spacial score (nSPS) is 10.3. The minimum atomic E-state index is -0.916. The molecule has 2 aromatic carbocycles. The third kappa shape index (κ3) is 3.28. The number of halogens is 2. The van der Waals surface area contributed by atoms with Crippen molar-refractivity contribution in [2.45, 2.75) is 9.79 Å².